The van der Waals surface area contributed by atoms with Crippen molar-refractivity contribution < 1.29 is 4.74 Å². The fourth-order valence-electron chi connectivity index (χ4n) is 2.53. The molecule has 0 saturated carbocycles. The van der Waals surface area contributed by atoms with Gasteiger partial charge in [-0.1, -0.05) is 35.4 Å². The van der Waals surface area contributed by atoms with Crippen LogP contribution in [-0.4, -0.2) is 7.11 Å². The third-order valence-electron chi connectivity index (χ3n) is 3.67. The van der Waals surface area contributed by atoms with Gasteiger partial charge in [-0.15, -0.1) is 0 Å². The van der Waals surface area contributed by atoms with Gasteiger partial charge in [0.15, 0.2) is 0 Å². The van der Waals surface area contributed by atoms with Crippen LogP contribution < -0.4 is 10.5 Å². The SMILES string of the molecule is COc1ccc(Cl)cc1C(C)(N)c1cc(C)ccc1C. The van der Waals surface area contributed by atoms with E-state index < -0.39 is 5.54 Å². The lowest BCUT2D eigenvalue weighted by atomic mass is 9.82. The Kier molecular flexibility index (Phi) is 4.07. The molecule has 0 aliphatic carbocycles. The number of ether oxygens (including phenoxy) is 1. The summed E-state index contributed by atoms with van der Waals surface area (Å²) in [4.78, 5) is 0. The highest BCUT2D eigenvalue weighted by molar-refractivity contribution is 6.30. The van der Waals surface area contributed by atoms with Crippen LogP contribution in [0.1, 0.15) is 29.2 Å². The second-order valence-electron chi connectivity index (χ2n) is 5.37. The van der Waals surface area contributed by atoms with Gasteiger partial charge in [-0.05, 0) is 50.1 Å². The summed E-state index contributed by atoms with van der Waals surface area (Å²) >= 11 is 6.13. The van der Waals surface area contributed by atoms with Gasteiger partial charge in [0.1, 0.15) is 5.75 Å². The third-order valence-corrected chi connectivity index (χ3v) is 3.91. The molecule has 2 nitrogen and oxygen atoms in total. The normalized spacial score (nSPS) is 13.9. The standard InChI is InChI=1S/C17H20ClNO/c1-11-5-6-12(2)14(9-11)17(3,19)15-10-13(18)7-8-16(15)20-4/h5-10H,19H2,1-4H3. The van der Waals surface area contributed by atoms with E-state index in [4.69, 9.17) is 22.1 Å². The fourth-order valence-corrected chi connectivity index (χ4v) is 2.70. The maximum Gasteiger partial charge on any atom is 0.124 e. The molecule has 0 radical (unpaired) electrons. The smallest absolute Gasteiger partial charge is 0.124 e. The van der Waals surface area contributed by atoms with Crippen LogP contribution in [0.15, 0.2) is 36.4 Å². The first-order valence-corrected chi connectivity index (χ1v) is 6.94. The summed E-state index contributed by atoms with van der Waals surface area (Å²) in [7, 11) is 1.64. The van der Waals surface area contributed by atoms with E-state index in [2.05, 4.69) is 32.0 Å². The second kappa shape index (κ2) is 5.47. The Balaban J connectivity index is 2.65. The first kappa shape index (κ1) is 14.9. The van der Waals surface area contributed by atoms with Crippen molar-refractivity contribution in [1.82, 2.24) is 0 Å². The highest BCUT2D eigenvalue weighted by Crippen LogP contribution is 2.36. The number of benzene rings is 2. The molecule has 1 unspecified atom stereocenters. The van der Waals surface area contributed by atoms with Crippen molar-refractivity contribution in [3.05, 3.63) is 63.7 Å². The van der Waals surface area contributed by atoms with Crippen LogP contribution in [0, 0.1) is 13.8 Å². The molecule has 20 heavy (non-hydrogen) atoms. The molecule has 0 aliphatic heterocycles. The molecule has 0 aliphatic rings. The van der Waals surface area contributed by atoms with Crippen LogP contribution >= 0.6 is 11.6 Å². The zero-order valence-corrected chi connectivity index (χ0v) is 13.1. The summed E-state index contributed by atoms with van der Waals surface area (Å²) in [6.45, 7) is 6.12. The van der Waals surface area contributed by atoms with Gasteiger partial charge < -0.3 is 10.5 Å². The van der Waals surface area contributed by atoms with Gasteiger partial charge in [0, 0.05) is 10.6 Å². The lowest BCUT2D eigenvalue weighted by Crippen LogP contribution is -2.35. The monoisotopic (exact) mass is 289 g/mol. The summed E-state index contributed by atoms with van der Waals surface area (Å²) < 4.78 is 5.44. The number of halogens is 1. The lowest BCUT2D eigenvalue weighted by molar-refractivity contribution is 0.398. The quantitative estimate of drug-likeness (QED) is 0.919. The number of hydrogen-bond acceptors (Lipinski definition) is 2. The van der Waals surface area contributed by atoms with Crippen molar-refractivity contribution in [2.75, 3.05) is 7.11 Å². The van der Waals surface area contributed by atoms with Crippen LogP contribution in [0.5, 0.6) is 5.75 Å². The average molecular weight is 290 g/mol. The van der Waals surface area contributed by atoms with Gasteiger partial charge in [0.2, 0.25) is 0 Å². The minimum atomic E-state index is -0.660. The Hall–Kier alpha value is -1.51. The van der Waals surface area contributed by atoms with Crippen LogP contribution in [-0.2, 0) is 5.54 Å². The first-order valence-electron chi connectivity index (χ1n) is 6.57. The molecule has 2 aromatic rings. The lowest BCUT2D eigenvalue weighted by Gasteiger charge is -2.29. The van der Waals surface area contributed by atoms with E-state index in [1.807, 2.05) is 25.1 Å². The van der Waals surface area contributed by atoms with E-state index in [1.54, 1.807) is 7.11 Å². The van der Waals surface area contributed by atoms with Crippen molar-refractivity contribution in [3.63, 3.8) is 0 Å². The van der Waals surface area contributed by atoms with E-state index >= 15 is 0 Å². The Morgan fingerprint density at radius 2 is 1.75 bits per heavy atom. The maximum atomic E-state index is 6.64. The van der Waals surface area contributed by atoms with Crippen molar-refractivity contribution >= 4 is 11.6 Å². The summed E-state index contributed by atoms with van der Waals surface area (Å²) in [5.41, 5.74) is 10.3. The second-order valence-corrected chi connectivity index (χ2v) is 5.80. The van der Waals surface area contributed by atoms with Crippen molar-refractivity contribution in [2.45, 2.75) is 26.3 Å². The van der Waals surface area contributed by atoms with Crippen LogP contribution in [0.25, 0.3) is 0 Å². The van der Waals surface area contributed by atoms with E-state index in [-0.39, 0.29) is 0 Å². The van der Waals surface area contributed by atoms with Gasteiger partial charge >= 0.3 is 0 Å². The topological polar surface area (TPSA) is 35.2 Å². The molecule has 0 aromatic heterocycles. The highest BCUT2D eigenvalue weighted by atomic mass is 35.5. The van der Waals surface area contributed by atoms with E-state index in [1.165, 1.54) is 5.56 Å². The molecular formula is C17H20ClNO. The fraction of sp³-hybridized carbons (Fsp3) is 0.294. The number of aryl methyl sites for hydroxylation is 2. The van der Waals surface area contributed by atoms with Crippen LogP contribution in [0.2, 0.25) is 5.02 Å². The summed E-state index contributed by atoms with van der Waals surface area (Å²) in [5, 5.41) is 0.655. The molecule has 2 aromatic carbocycles. The molecule has 0 heterocycles. The van der Waals surface area contributed by atoms with Crippen molar-refractivity contribution in [1.29, 1.82) is 0 Å². The third kappa shape index (κ3) is 2.67. The predicted molar refractivity (Wildman–Crippen MR) is 84.6 cm³/mol. The van der Waals surface area contributed by atoms with E-state index in [0.717, 1.165) is 22.4 Å². The Bertz CT molecular complexity index is 635. The molecule has 0 spiro atoms. The molecular weight excluding hydrogens is 270 g/mol. The Morgan fingerprint density at radius 1 is 1.05 bits per heavy atom. The largest absolute Gasteiger partial charge is 0.496 e. The molecule has 1 atom stereocenters. The number of nitrogens with two attached hydrogens (primary N) is 1. The molecule has 106 valence electrons. The zero-order valence-electron chi connectivity index (χ0n) is 12.3. The molecule has 0 saturated heterocycles. The van der Waals surface area contributed by atoms with Gasteiger partial charge in [-0.25, -0.2) is 0 Å². The molecule has 0 amide bonds. The van der Waals surface area contributed by atoms with Crippen molar-refractivity contribution in [3.8, 4) is 5.75 Å². The molecule has 2 N–H and O–H groups in total. The molecule has 3 heteroatoms. The minimum Gasteiger partial charge on any atom is -0.496 e. The van der Waals surface area contributed by atoms with E-state index in [9.17, 15) is 0 Å². The van der Waals surface area contributed by atoms with Crippen molar-refractivity contribution in [2.24, 2.45) is 5.73 Å². The van der Waals surface area contributed by atoms with Crippen LogP contribution in [0.4, 0.5) is 0 Å². The molecule has 0 bridgehead atoms. The minimum absolute atomic E-state index is 0.655. The van der Waals surface area contributed by atoms with Gasteiger partial charge in [0.25, 0.3) is 0 Å². The van der Waals surface area contributed by atoms with Crippen LogP contribution in [0.3, 0.4) is 0 Å². The Labute approximate surface area is 125 Å². The Morgan fingerprint density at radius 3 is 2.40 bits per heavy atom. The van der Waals surface area contributed by atoms with Gasteiger partial charge in [0.05, 0.1) is 12.6 Å². The first-order chi connectivity index (χ1) is 9.36. The predicted octanol–water partition coefficient (Wildman–Crippen LogP) is 4.19. The molecule has 2 rings (SSSR count). The summed E-state index contributed by atoms with van der Waals surface area (Å²) in [5.74, 6) is 0.750. The summed E-state index contributed by atoms with van der Waals surface area (Å²) in [6.07, 6.45) is 0. The zero-order chi connectivity index (χ0) is 14.9. The number of rotatable bonds is 3. The maximum absolute atomic E-state index is 6.64. The van der Waals surface area contributed by atoms with Gasteiger partial charge in [-0.2, -0.15) is 0 Å². The molecule has 0 fully saturated rings. The average Bonchev–Trinajstić information content (AvgIpc) is 2.41. The number of methoxy groups -OCH3 is 1. The summed E-state index contributed by atoms with van der Waals surface area (Å²) in [6, 6.07) is 11.8. The van der Waals surface area contributed by atoms with Gasteiger partial charge in [-0.3, -0.25) is 0 Å². The highest BCUT2D eigenvalue weighted by Gasteiger charge is 2.29. The van der Waals surface area contributed by atoms with E-state index in [0.29, 0.717) is 5.02 Å². The number of hydrogen-bond donors (Lipinski definition) is 1.